The van der Waals surface area contributed by atoms with E-state index in [0.29, 0.717) is 35.2 Å². The van der Waals surface area contributed by atoms with Crippen molar-refractivity contribution in [2.45, 2.75) is 39.2 Å². The second-order valence-electron chi connectivity index (χ2n) is 10.7. The third-order valence-corrected chi connectivity index (χ3v) is 8.60. The van der Waals surface area contributed by atoms with Gasteiger partial charge < -0.3 is 24.0 Å². The second-order valence-corrected chi connectivity index (χ2v) is 11.5. The molecule has 0 bridgehead atoms. The molecule has 2 heterocycles. The van der Waals surface area contributed by atoms with Crippen molar-refractivity contribution < 1.29 is 32.6 Å². The number of ether oxygens (including phenoxy) is 3. The Morgan fingerprint density at radius 2 is 1.65 bits per heavy atom. The normalized spacial score (nSPS) is 16.1. The van der Waals surface area contributed by atoms with Crippen molar-refractivity contribution in [1.82, 2.24) is 0 Å². The maximum atomic E-state index is 14.6. The van der Waals surface area contributed by atoms with E-state index in [9.17, 15) is 18.4 Å². The van der Waals surface area contributed by atoms with E-state index in [4.69, 9.17) is 37.4 Å². The van der Waals surface area contributed by atoms with Crippen LogP contribution in [0.5, 0.6) is 11.5 Å². The molecular weight excluding hydrogens is 601 g/mol. The average molecular weight is 634 g/mol. The number of amides is 1. The number of anilines is 2. The second kappa shape index (κ2) is 13.0. The average Bonchev–Trinajstić information content (AvgIpc) is 2.99. The number of hydrogen-bond acceptors (Lipinski definition) is 6. The lowest BCUT2D eigenvalue weighted by molar-refractivity contribution is -0.159. The maximum Gasteiger partial charge on any atom is 0.315 e. The summed E-state index contributed by atoms with van der Waals surface area (Å²) in [7, 11) is 1.59. The SMILES string of the molecule is CCOC(=O)C1(COc2ccc(Cl)c3c2CCC(=O)N3Cc2ccc(OC)cc2)CCN(c2c(F)cc(Cl)cc2F)CC1. The Hall–Kier alpha value is -3.56. The van der Waals surface area contributed by atoms with Crippen LogP contribution < -0.4 is 19.3 Å². The standard InChI is InChI=1S/C32H32Cl2F2N2O5/c1-3-42-31(40)32(12-14-37(15-13-32)30-25(35)16-21(33)17-26(30)36)19-43-27-10-9-24(34)29-23(27)8-11-28(39)38(29)18-20-4-6-22(41-2)7-5-20/h4-7,9-10,16-17H,3,8,11-15,18-19H2,1-2H3. The number of methoxy groups -OCH3 is 1. The first-order valence-electron chi connectivity index (χ1n) is 14.1. The summed E-state index contributed by atoms with van der Waals surface area (Å²) >= 11 is 12.4. The van der Waals surface area contributed by atoms with Crippen LogP contribution in [-0.4, -0.2) is 45.3 Å². The molecule has 43 heavy (non-hydrogen) atoms. The molecule has 2 aliphatic rings. The van der Waals surface area contributed by atoms with E-state index in [1.54, 1.807) is 36.0 Å². The molecule has 1 saturated heterocycles. The smallest absolute Gasteiger partial charge is 0.315 e. The molecular formula is C32H32Cl2F2N2O5. The van der Waals surface area contributed by atoms with Crippen LogP contribution in [0.2, 0.25) is 10.0 Å². The molecule has 0 atom stereocenters. The first-order chi connectivity index (χ1) is 20.7. The first kappa shape index (κ1) is 30.9. The molecule has 7 nitrogen and oxygen atoms in total. The van der Waals surface area contributed by atoms with Crippen molar-refractivity contribution in [3.63, 3.8) is 0 Å². The fourth-order valence-corrected chi connectivity index (χ4v) is 6.20. The minimum atomic E-state index is -1.04. The van der Waals surface area contributed by atoms with Crippen molar-refractivity contribution >= 4 is 46.5 Å². The first-order valence-corrected chi connectivity index (χ1v) is 14.9. The van der Waals surface area contributed by atoms with Gasteiger partial charge in [-0.25, -0.2) is 8.78 Å². The number of fused-ring (bicyclic) bond motifs is 1. The van der Waals surface area contributed by atoms with Gasteiger partial charge in [-0.2, -0.15) is 0 Å². The molecule has 1 amide bonds. The number of benzene rings is 3. The maximum absolute atomic E-state index is 14.6. The van der Waals surface area contributed by atoms with Crippen LogP contribution in [0.3, 0.4) is 0 Å². The molecule has 3 aromatic rings. The predicted octanol–water partition coefficient (Wildman–Crippen LogP) is 6.99. The molecule has 0 radical (unpaired) electrons. The van der Waals surface area contributed by atoms with Crippen LogP contribution in [0.4, 0.5) is 20.2 Å². The van der Waals surface area contributed by atoms with E-state index in [1.807, 2.05) is 24.3 Å². The molecule has 0 N–H and O–H groups in total. The van der Waals surface area contributed by atoms with Gasteiger partial charge in [0, 0.05) is 30.1 Å². The summed E-state index contributed by atoms with van der Waals surface area (Å²) in [4.78, 5) is 29.6. The number of nitrogens with zero attached hydrogens (tertiary/aromatic N) is 2. The van der Waals surface area contributed by atoms with Crippen LogP contribution in [0, 0.1) is 17.0 Å². The molecule has 0 saturated carbocycles. The Kier molecular flexibility index (Phi) is 9.32. The minimum Gasteiger partial charge on any atom is -0.497 e. The lowest BCUT2D eigenvalue weighted by Gasteiger charge is -2.41. The van der Waals surface area contributed by atoms with Gasteiger partial charge in [-0.1, -0.05) is 35.3 Å². The highest BCUT2D eigenvalue weighted by atomic mass is 35.5. The Bertz CT molecular complexity index is 1490. The van der Waals surface area contributed by atoms with Crippen molar-refractivity contribution in [3.8, 4) is 11.5 Å². The third kappa shape index (κ3) is 6.38. The van der Waals surface area contributed by atoms with Gasteiger partial charge in [0.15, 0.2) is 11.6 Å². The van der Waals surface area contributed by atoms with Gasteiger partial charge in [-0.3, -0.25) is 9.59 Å². The van der Waals surface area contributed by atoms with E-state index < -0.39 is 23.0 Å². The molecule has 1 fully saturated rings. The van der Waals surface area contributed by atoms with Gasteiger partial charge in [0.2, 0.25) is 5.91 Å². The minimum absolute atomic E-state index is 0.00818. The molecule has 0 aliphatic carbocycles. The number of piperidine rings is 1. The summed E-state index contributed by atoms with van der Waals surface area (Å²) in [5, 5.41) is 0.393. The third-order valence-electron chi connectivity index (χ3n) is 8.08. The van der Waals surface area contributed by atoms with E-state index >= 15 is 0 Å². The van der Waals surface area contributed by atoms with Gasteiger partial charge in [-0.15, -0.1) is 0 Å². The molecule has 3 aromatic carbocycles. The fraction of sp³-hybridized carbons (Fsp3) is 0.375. The summed E-state index contributed by atoms with van der Waals surface area (Å²) in [5.41, 5.74) is 1.07. The molecule has 2 aliphatic heterocycles. The highest BCUT2D eigenvalue weighted by Gasteiger charge is 2.45. The number of halogens is 4. The molecule has 5 rings (SSSR count). The number of rotatable bonds is 9. The zero-order valence-corrected chi connectivity index (χ0v) is 25.4. The van der Waals surface area contributed by atoms with Crippen LogP contribution in [0.25, 0.3) is 0 Å². The Morgan fingerprint density at radius 1 is 0.977 bits per heavy atom. The van der Waals surface area contributed by atoms with Crippen molar-refractivity contribution in [2.75, 3.05) is 43.2 Å². The topological polar surface area (TPSA) is 68.3 Å². The zero-order valence-electron chi connectivity index (χ0n) is 23.9. The van der Waals surface area contributed by atoms with Crippen LogP contribution in [0.15, 0.2) is 48.5 Å². The molecule has 228 valence electrons. The van der Waals surface area contributed by atoms with E-state index in [0.717, 1.165) is 23.3 Å². The Balaban J connectivity index is 1.38. The van der Waals surface area contributed by atoms with Gasteiger partial charge in [-0.05, 0) is 68.1 Å². The number of hydrogen-bond donors (Lipinski definition) is 0. The largest absolute Gasteiger partial charge is 0.497 e. The van der Waals surface area contributed by atoms with Crippen LogP contribution >= 0.6 is 23.2 Å². The zero-order chi connectivity index (χ0) is 30.7. The highest BCUT2D eigenvalue weighted by molar-refractivity contribution is 6.34. The number of esters is 1. The van der Waals surface area contributed by atoms with E-state index in [2.05, 4.69) is 0 Å². The summed E-state index contributed by atoms with van der Waals surface area (Å²) < 4.78 is 46.3. The molecule has 11 heteroatoms. The molecule has 0 aromatic heterocycles. The summed E-state index contributed by atoms with van der Waals surface area (Å²) in [5.74, 6) is -0.761. The van der Waals surface area contributed by atoms with Crippen LogP contribution in [0.1, 0.15) is 37.3 Å². The van der Waals surface area contributed by atoms with Crippen LogP contribution in [-0.2, 0) is 27.3 Å². The number of carbonyl (C=O) groups is 2. The van der Waals surface area contributed by atoms with Crippen molar-refractivity contribution in [1.29, 1.82) is 0 Å². The summed E-state index contributed by atoms with van der Waals surface area (Å²) in [6.45, 7) is 2.64. The van der Waals surface area contributed by atoms with E-state index in [1.165, 1.54) is 0 Å². The van der Waals surface area contributed by atoms with Crippen molar-refractivity contribution in [2.24, 2.45) is 5.41 Å². The van der Waals surface area contributed by atoms with E-state index in [-0.39, 0.29) is 62.2 Å². The Labute approximate surface area is 259 Å². The highest BCUT2D eigenvalue weighted by Crippen LogP contribution is 2.43. The summed E-state index contributed by atoms with van der Waals surface area (Å²) in [6, 6.07) is 13.0. The van der Waals surface area contributed by atoms with Gasteiger partial charge in [0.05, 0.1) is 31.0 Å². The predicted molar refractivity (Wildman–Crippen MR) is 161 cm³/mol. The van der Waals surface area contributed by atoms with Gasteiger partial charge >= 0.3 is 5.97 Å². The van der Waals surface area contributed by atoms with Gasteiger partial charge in [0.1, 0.15) is 29.2 Å². The lowest BCUT2D eigenvalue weighted by Crippen LogP contribution is -2.49. The lowest BCUT2D eigenvalue weighted by atomic mass is 9.78. The van der Waals surface area contributed by atoms with Gasteiger partial charge in [0.25, 0.3) is 0 Å². The number of carbonyl (C=O) groups excluding carboxylic acids is 2. The van der Waals surface area contributed by atoms with Crippen molar-refractivity contribution in [3.05, 3.63) is 81.3 Å². The quantitative estimate of drug-likeness (QED) is 0.237. The Morgan fingerprint density at radius 3 is 2.28 bits per heavy atom. The monoisotopic (exact) mass is 632 g/mol. The fourth-order valence-electron chi connectivity index (χ4n) is 5.73. The molecule has 0 unspecified atom stereocenters. The summed E-state index contributed by atoms with van der Waals surface area (Å²) in [6.07, 6.45) is 1.21. The molecule has 0 spiro atoms.